The lowest BCUT2D eigenvalue weighted by Crippen LogP contribution is -2.02. The number of benzene rings is 1. The van der Waals surface area contributed by atoms with Gasteiger partial charge in [-0.2, -0.15) is 5.10 Å². The fraction of sp³-hybridized carbons (Fsp3) is 0.250. The topological polar surface area (TPSA) is 61.0 Å². The zero-order valence-electron chi connectivity index (χ0n) is 10.0. The molecule has 0 N–H and O–H groups in total. The van der Waals surface area contributed by atoms with Gasteiger partial charge >= 0.3 is 5.69 Å². The summed E-state index contributed by atoms with van der Waals surface area (Å²) < 4.78 is 1.49. The van der Waals surface area contributed by atoms with E-state index in [4.69, 9.17) is 11.6 Å². The number of aromatic nitrogens is 2. The van der Waals surface area contributed by atoms with Crippen LogP contribution in [0.5, 0.6) is 0 Å². The molecule has 0 atom stereocenters. The summed E-state index contributed by atoms with van der Waals surface area (Å²) in [6.45, 7) is 4.03. The smallest absolute Gasteiger partial charge is 0.258 e. The third-order valence-corrected chi connectivity index (χ3v) is 2.90. The van der Waals surface area contributed by atoms with Crippen LogP contribution in [0, 0.1) is 10.1 Å². The van der Waals surface area contributed by atoms with Crippen molar-refractivity contribution in [2.45, 2.75) is 19.8 Å². The minimum Gasteiger partial charge on any atom is -0.258 e. The minimum atomic E-state index is -0.492. The number of hydrogen-bond acceptors (Lipinski definition) is 3. The zero-order valence-corrected chi connectivity index (χ0v) is 10.8. The minimum absolute atomic E-state index is 0.110. The second kappa shape index (κ2) is 4.78. The van der Waals surface area contributed by atoms with Gasteiger partial charge < -0.3 is 0 Å². The molecule has 1 aromatic carbocycles. The molecule has 0 saturated heterocycles. The number of halogens is 1. The van der Waals surface area contributed by atoms with Crippen molar-refractivity contribution in [1.82, 2.24) is 9.78 Å². The summed E-state index contributed by atoms with van der Waals surface area (Å²) in [5.41, 5.74) is 1.13. The predicted octanol–water partition coefficient (Wildman–Crippen LogP) is 3.56. The molecule has 0 saturated carbocycles. The second-order valence-corrected chi connectivity index (χ2v) is 4.61. The first-order valence-corrected chi connectivity index (χ1v) is 5.87. The molecule has 0 bridgehead atoms. The summed E-state index contributed by atoms with van der Waals surface area (Å²) in [5.74, 6) is 0.268. The molecule has 0 spiro atoms. The number of nitro benzene ring substituents is 1. The van der Waals surface area contributed by atoms with Crippen molar-refractivity contribution < 1.29 is 4.92 Å². The highest BCUT2D eigenvalue weighted by molar-refractivity contribution is 6.33. The Morgan fingerprint density at radius 1 is 1.39 bits per heavy atom. The molecule has 18 heavy (non-hydrogen) atoms. The predicted molar refractivity (Wildman–Crippen MR) is 69.3 cm³/mol. The number of rotatable bonds is 3. The van der Waals surface area contributed by atoms with Crippen molar-refractivity contribution >= 4 is 17.3 Å². The maximum Gasteiger partial charge on any atom is 0.313 e. The average molecular weight is 266 g/mol. The molecule has 94 valence electrons. The summed E-state index contributed by atoms with van der Waals surface area (Å²) in [6, 6.07) is 6.63. The SMILES string of the molecule is CC(C)c1ccn(-c2cccc(Cl)c2[N+](=O)[O-])n1. The van der Waals surface area contributed by atoms with Crippen LogP contribution in [0.4, 0.5) is 5.69 Å². The molecule has 0 unspecified atom stereocenters. The van der Waals surface area contributed by atoms with Gasteiger partial charge in [0.25, 0.3) is 0 Å². The molecule has 2 aromatic rings. The van der Waals surface area contributed by atoms with Crippen LogP contribution in [0.1, 0.15) is 25.5 Å². The Balaban J connectivity index is 2.56. The molecule has 0 aliphatic carbocycles. The van der Waals surface area contributed by atoms with E-state index in [1.165, 1.54) is 10.7 Å². The molecular formula is C12H12ClN3O2. The summed E-state index contributed by atoms with van der Waals surface area (Å²) in [6.07, 6.45) is 1.70. The lowest BCUT2D eigenvalue weighted by Gasteiger charge is -2.04. The lowest BCUT2D eigenvalue weighted by molar-refractivity contribution is -0.384. The fourth-order valence-corrected chi connectivity index (χ4v) is 1.89. The van der Waals surface area contributed by atoms with Crippen LogP contribution in [0.2, 0.25) is 5.02 Å². The Bertz CT molecular complexity index is 593. The maximum atomic E-state index is 11.0. The largest absolute Gasteiger partial charge is 0.313 e. The highest BCUT2D eigenvalue weighted by Crippen LogP contribution is 2.30. The van der Waals surface area contributed by atoms with E-state index >= 15 is 0 Å². The summed E-state index contributed by atoms with van der Waals surface area (Å²) in [5, 5.41) is 15.5. The van der Waals surface area contributed by atoms with Crippen molar-refractivity contribution in [3.63, 3.8) is 0 Å². The number of hydrogen-bond donors (Lipinski definition) is 0. The van der Waals surface area contributed by atoms with Gasteiger partial charge in [0.05, 0.1) is 10.6 Å². The van der Waals surface area contributed by atoms with E-state index in [0.717, 1.165) is 5.69 Å². The van der Waals surface area contributed by atoms with Gasteiger partial charge in [-0.1, -0.05) is 31.5 Å². The highest BCUT2D eigenvalue weighted by atomic mass is 35.5. The first-order valence-electron chi connectivity index (χ1n) is 5.49. The Hall–Kier alpha value is -1.88. The van der Waals surface area contributed by atoms with E-state index in [0.29, 0.717) is 5.69 Å². The van der Waals surface area contributed by atoms with Crippen molar-refractivity contribution in [2.24, 2.45) is 0 Å². The van der Waals surface area contributed by atoms with E-state index in [9.17, 15) is 10.1 Å². The number of nitro groups is 1. The first kappa shape index (κ1) is 12.6. The van der Waals surface area contributed by atoms with Crippen LogP contribution in [-0.4, -0.2) is 14.7 Å². The quantitative estimate of drug-likeness (QED) is 0.630. The Kier molecular flexibility index (Phi) is 3.34. The molecule has 1 aromatic heterocycles. The third kappa shape index (κ3) is 2.22. The van der Waals surface area contributed by atoms with E-state index in [2.05, 4.69) is 5.10 Å². The van der Waals surface area contributed by atoms with Crippen molar-refractivity contribution in [1.29, 1.82) is 0 Å². The van der Waals surface area contributed by atoms with Crippen molar-refractivity contribution in [3.8, 4) is 5.69 Å². The standard InChI is InChI=1S/C12H12ClN3O2/c1-8(2)10-6-7-15(14-10)11-5-3-4-9(13)12(11)16(17)18/h3-8H,1-2H3. The van der Waals surface area contributed by atoms with Crippen LogP contribution < -0.4 is 0 Å². The van der Waals surface area contributed by atoms with Crippen LogP contribution in [0.15, 0.2) is 30.5 Å². The van der Waals surface area contributed by atoms with Gasteiger partial charge in [-0.3, -0.25) is 10.1 Å². The number of para-hydroxylation sites is 1. The van der Waals surface area contributed by atoms with Gasteiger partial charge in [-0.25, -0.2) is 4.68 Å². The van der Waals surface area contributed by atoms with Gasteiger partial charge in [0, 0.05) is 6.20 Å². The summed E-state index contributed by atoms with van der Waals surface area (Å²) in [4.78, 5) is 10.5. The average Bonchev–Trinajstić information content (AvgIpc) is 2.77. The third-order valence-electron chi connectivity index (χ3n) is 2.60. The van der Waals surface area contributed by atoms with Crippen LogP contribution in [0.25, 0.3) is 5.69 Å². The Morgan fingerprint density at radius 3 is 2.67 bits per heavy atom. The van der Waals surface area contributed by atoms with Crippen molar-refractivity contribution in [3.05, 3.63) is 51.3 Å². The molecule has 0 aliphatic heterocycles. The molecule has 2 rings (SSSR count). The van der Waals surface area contributed by atoms with E-state index in [1.54, 1.807) is 18.3 Å². The summed E-state index contributed by atoms with van der Waals surface area (Å²) in [7, 11) is 0. The van der Waals surface area contributed by atoms with Gasteiger partial charge in [0.15, 0.2) is 0 Å². The highest BCUT2D eigenvalue weighted by Gasteiger charge is 2.20. The van der Waals surface area contributed by atoms with Crippen LogP contribution in [0.3, 0.4) is 0 Å². The molecule has 0 aliphatic rings. The normalized spacial score (nSPS) is 10.9. The molecule has 6 heteroatoms. The summed E-state index contributed by atoms with van der Waals surface area (Å²) >= 11 is 5.86. The molecule has 1 heterocycles. The van der Waals surface area contributed by atoms with E-state index in [-0.39, 0.29) is 16.6 Å². The maximum absolute atomic E-state index is 11.0. The monoisotopic (exact) mass is 265 g/mol. The molecule has 5 nitrogen and oxygen atoms in total. The number of nitrogens with zero attached hydrogens (tertiary/aromatic N) is 3. The molecular weight excluding hydrogens is 254 g/mol. The molecule has 0 amide bonds. The van der Waals surface area contributed by atoms with E-state index < -0.39 is 4.92 Å². The lowest BCUT2D eigenvalue weighted by atomic mass is 10.1. The van der Waals surface area contributed by atoms with Crippen LogP contribution >= 0.6 is 11.6 Å². The molecule has 0 radical (unpaired) electrons. The first-order chi connectivity index (χ1) is 8.50. The Labute approximate surface area is 109 Å². The van der Waals surface area contributed by atoms with Gasteiger partial charge in [-0.15, -0.1) is 0 Å². The van der Waals surface area contributed by atoms with Crippen molar-refractivity contribution in [2.75, 3.05) is 0 Å². The second-order valence-electron chi connectivity index (χ2n) is 4.20. The zero-order chi connectivity index (χ0) is 13.3. The van der Waals surface area contributed by atoms with E-state index in [1.807, 2.05) is 19.9 Å². The molecule has 0 fully saturated rings. The Morgan fingerprint density at radius 2 is 2.11 bits per heavy atom. The van der Waals surface area contributed by atoms with Crippen LogP contribution in [-0.2, 0) is 0 Å². The fourth-order valence-electron chi connectivity index (χ4n) is 1.65. The van der Waals surface area contributed by atoms with Gasteiger partial charge in [0.1, 0.15) is 10.7 Å². The van der Waals surface area contributed by atoms with Gasteiger partial charge in [-0.05, 0) is 24.1 Å². The van der Waals surface area contributed by atoms with Gasteiger partial charge in [0.2, 0.25) is 0 Å².